The summed E-state index contributed by atoms with van der Waals surface area (Å²) in [5.41, 5.74) is 2.02. The number of rotatable bonds is 4. The van der Waals surface area contributed by atoms with Crippen LogP contribution in [0.1, 0.15) is 11.4 Å². The van der Waals surface area contributed by atoms with Gasteiger partial charge < -0.3 is 9.64 Å². The lowest BCUT2D eigenvalue weighted by atomic mass is 10.0. The number of nitrogens with zero attached hydrogens (tertiary/aromatic N) is 4. The van der Waals surface area contributed by atoms with Gasteiger partial charge in [-0.1, -0.05) is 0 Å². The van der Waals surface area contributed by atoms with Gasteiger partial charge >= 0.3 is 0 Å². The summed E-state index contributed by atoms with van der Waals surface area (Å²) in [6.07, 6.45) is 2.46. The Bertz CT molecular complexity index is 478. The highest BCUT2D eigenvalue weighted by molar-refractivity contribution is 5.77. The monoisotopic (exact) mass is 292 g/mol. The van der Waals surface area contributed by atoms with Crippen LogP contribution >= 0.6 is 0 Å². The van der Waals surface area contributed by atoms with E-state index in [4.69, 9.17) is 4.74 Å². The van der Waals surface area contributed by atoms with E-state index in [1.807, 2.05) is 13.0 Å². The standard InChI is InChI=1S/C15H24N4O2/c1-12-6-14(17-11-16-12)7-13-8-19(4-5-21-10-13)9-15(20)18(2)3/h6,11,13H,4-5,7-10H2,1-3H3. The molecular formula is C15H24N4O2. The molecule has 1 unspecified atom stereocenters. The Morgan fingerprint density at radius 3 is 3.00 bits per heavy atom. The van der Waals surface area contributed by atoms with Gasteiger partial charge in [0.15, 0.2) is 0 Å². The lowest BCUT2D eigenvalue weighted by Gasteiger charge is -2.24. The van der Waals surface area contributed by atoms with Gasteiger partial charge in [0.2, 0.25) is 5.91 Å². The molecule has 0 bridgehead atoms. The number of hydrogen-bond donors (Lipinski definition) is 0. The van der Waals surface area contributed by atoms with Crippen molar-refractivity contribution in [2.24, 2.45) is 5.92 Å². The second kappa shape index (κ2) is 7.47. The minimum atomic E-state index is 0.133. The van der Waals surface area contributed by atoms with Crippen molar-refractivity contribution in [1.82, 2.24) is 19.8 Å². The first-order valence-corrected chi connectivity index (χ1v) is 7.32. The Labute approximate surface area is 126 Å². The summed E-state index contributed by atoms with van der Waals surface area (Å²) in [7, 11) is 3.58. The molecule has 21 heavy (non-hydrogen) atoms. The maximum Gasteiger partial charge on any atom is 0.236 e. The van der Waals surface area contributed by atoms with Crippen LogP contribution in [0.3, 0.4) is 0 Å². The predicted molar refractivity (Wildman–Crippen MR) is 79.9 cm³/mol. The van der Waals surface area contributed by atoms with Crippen molar-refractivity contribution in [1.29, 1.82) is 0 Å². The fourth-order valence-electron chi connectivity index (χ4n) is 2.47. The van der Waals surface area contributed by atoms with Crippen LogP contribution in [-0.4, -0.2) is 72.6 Å². The maximum atomic E-state index is 11.9. The normalized spacial score (nSPS) is 20.0. The van der Waals surface area contributed by atoms with Gasteiger partial charge in [-0.3, -0.25) is 9.69 Å². The summed E-state index contributed by atoms with van der Waals surface area (Å²) in [4.78, 5) is 24.1. The molecule has 2 heterocycles. The summed E-state index contributed by atoms with van der Waals surface area (Å²) in [5.74, 6) is 0.491. The summed E-state index contributed by atoms with van der Waals surface area (Å²) in [6.45, 7) is 5.49. The summed E-state index contributed by atoms with van der Waals surface area (Å²) < 4.78 is 5.67. The third kappa shape index (κ3) is 5.06. The molecule has 1 fully saturated rings. The number of likely N-dealkylation sites (N-methyl/N-ethyl adjacent to an activating group) is 1. The third-order valence-corrected chi connectivity index (χ3v) is 3.64. The van der Waals surface area contributed by atoms with Crippen molar-refractivity contribution in [2.45, 2.75) is 13.3 Å². The molecule has 0 saturated carbocycles. The molecule has 116 valence electrons. The molecule has 1 aromatic heterocycles. The van der Waals surface area contributed by atoms with Crippen LogP contribution in [0.15, 0.2) is 12.4 Å². The SMILES string of the molecule is Cc1cc(CC2COCCN(CC(=O)N(C)C)C2)ncn1. The number of aromatic nitrogens is 2. The molecule has 0 aliphatic carbocycles. The predicted octanol–water partition coefficient (Wildman–Crippen LogP) is 0.364. The topological polar surface area (TPSA) is 58.6 Å². The number of amides is 1. The van der Waals surface area contributed by atoms with Gasteiger partial charge in [-0.15, -0.1) is 0 Å². The van der Waals surface area contributed by atoms with Crippen LogP contribution in [-0.2, 0) is 16.0 Å². The first-order valence-electron chi connectivity index (χ1n) is 7.32. The molecule has 2 rings (SSSR count). The molecular weight excluding hydrogens is 268 g/mol. The zero-order valence-corrected chi connectivity index (χ0v) is 13.1. The van der Waals surface area contributed by atoms with Crippen LogP contribution in [0, 0.1) is 12.8 Å². The number of aryl methyl sites for hydroxylation is 1. The third-order valence-electron chi connectivity index (χ3n) is 3.64. The van der Waals surface area contributed by atoms with E-state index in [1.165, 1.54) is 0 Å². The molecule has 1 aliphatic rings. The highest BCUT2D eigenvalue weighted by Crippen LogP contribution is 2.13. The van der Waals surface area contributed by atoms with Gasteiger partial charge in [-0.05, 0) is 19.4 Å². The molecule has 6 heteroatoms. The van der Waals surface area contributed by atoms with E-state index >= 15 is 0 Å². The van der Waals surface area contributed by atoms with Gasteiger partial charge in [0.25, 0.3) is 0 Å². The second-order valence-corrected chi connectivity index (χ2v) is 5.82. The first kappa shape index (κ1) is 15.9. The first-order chi connectivity index (χ1) is 10.0. The number of carbonyl (C=O) groups is 1. The fourth-order valence-corrected chi connectivity index (χ4v) is 2.47. The number of hydrogen-bond acceptors (Lipinski definition) is 5. The van der Waals surface area contributed by atoms with Crippen molar-refractivity contribution in [3.8, 4) is 0 Å². The van der Waals surface area contributed by atoms with Gasteiger partial charge in [0.05, 0.1) is 19.8 Å². The Kier molecular flexibility index (Phi) is 5.64. The summed E-state index contributed by atoms with van der Waals surface area (Å²) in [6, 6.07) is 2.01. The minimum Gasteiger partial charge on any atom is -0.380 e. The van der Waals surface area contributed by atoms with Crippen LogP contribution in [0.5, 0.6) is 0 Å². The summed E-state index contributed by atoms with van der Waals surface area (Å²) in [5, 5.41) is 0. The van der Waals surface area contributed by atoms with E-state index in [-0.39, 0.29) is 5.91 Å². The fraction of sp³-hybridized carbons (Fsp3) is 0.667. The Morgan fingerprint density at radius 1 is 1.48 bits per heavy atom. The van der Waals surface area contributed by atoms with Crippen LogP contribution in [0.2, 0.25) is 0 Å². The molecule has 1 aromatic rings. The number of carbonyl (C=O) groups excluding carboxylic acids is 1. The molecule has 0 N–H and O–H groups in total. The van der Waals surface area contributed by atoms with Crippen molar-refractivity contribution < 1.29 is 9.53 Å². The highest BCUT2D eigenvalue weighted by Gasteiger charge is 2.21. The van der Waals surface area contributed by atoms with Crippen molar-refractivity contribution in [2.75, 3.05) is 46.9 Å². The number of ether oxygens (including phenoxy) is 1. The van der Waals surface area contributed by atoms with E-state index in [0.717, 1.165) is 37.5 Å². The second-order valence-electron chi connectivity index (χ2n) is 5.82. The highest BCUT2D eigenvalue weighted by atomic mass is 16.5. The lowest BCUT2D eigenvalue weighted by molar-refractivity contribution is -0.129. The van der Waals surface area contributed by atoms with Crippen LogP contribution in [0.25, 0.3) is 0 Å². The van der Waals surface area contributed by atoms with E-state index in [9.17, 15) is 4.79 Å². The molecule has 1 aliphatic heterocycles. The molecule has 1 saturated heterocycles. The molecule has 0 aromatic carbocycles. The minimum absolute atomic E-state index is 0.133. The zero-order valence-electron chi connectivity index (χ0n) is 13.1. The molecule has 0 radical (unpaired) electrons. The van der Waals surface area contributed by atoms with Gasteiger partial charge in [-0.25, -0.2) is 9.97 Å². The smallest absolute Gasteiger partial charge is 0.236 e. The van der Waals surface area contributed by atoms with Crippen LogP contribution in [0.4, 0.5) is 0 Å². The quantitative estimate of drug-likeness (QED) is 0.802. The lowest BCUT2D eigenvalue weighted by Crippen LogP contribution is -2.39. The molecule has 0 spiro atoms. The van der Waals surface area contributed by atoms with Crippen molar-refractivity contribution in [3.63, 3.8) is 0 Å². The molecule has 1 amide bonds. The van der Waals surface area contributed by atoms with E-state index < -0.39 is 0 Å². The molecule has 1 atom stereocenters. The largest absolute Gasteiger partial charge is 0.380 e. The Morgan fingerprint density at radius 2 is 2.29 bits per heavy atom. The van der Waals surface area contributed by atoms with Gasteiger partial charge in [-0.2, -0.15) is 0 Å². The van der Waals surface area contributed by atoms with E-state index in [0.29, 0.717) is 19.1 Å². The van der Waals surface area contributed by atoms with Gasteiger partial charge in [0.1, 0.15) is 6.33 Å². The average molecular weight is 292 g/mol. The Hall–Kier alpha value is -1.53. The zero-order chi connectivity index (χ0) is 15.2. The van der Waals surface area contributed by atoms with Crippen molar-refractivity contribution >= 4 is 5.91 Å². The molecule has 6 nitrogen and oxygen atoms in total. The maximum absolute atomic E-state index is 11.9. The van der Waals surface area contributed by atoms with Gasteiger partial charge in [0, 0.05) is 44.5 Å². The van der Waals surface area contributed by atoms with E-state index in [1.54, 1.807) is 25.3 Å². The van der Waals surface area contributed by atoms with Crippen LogP contribution < -0.4 is 0 Å². The average Bonchev–Trinajstić information content (AvgIpc) is 2.64. The summed E-state index contributed by atoms with van der Waals surface area (Å²) >= 11 is 0. The van der Waals surface area contributed by atoms with Crippen molar-refractivity contribution in [3.05, 3.63) is 23.8 Å². The Balaban J connectivity index is 1.94. The van der Waals surface area contributed by atoms with E-state index in [2.05, 4.69) is 14.9 Å².